The van der Waals surface area contributed by atoms with Crippen LogP contribution in [0, 0.1) is 0 Å². The molecule has 0 amide bonds. The van der Waals surface area contributed by atoms with Gasteiger partial charge in [0.25, 0.3) is 0 Å². The van der Waals surface area contributed by atoms with E-state index in [1.807, 2.05) is 24.2 Å². The largest absolute Gasteiger partial charge is 0.332 e. The van der Waals surface area contributed by atoms with E-state index in [9.17, 15) is 0 Å². The van der Waals surface area contributed by atoms with E-state index in [2.05, 4.69) is 14.5 Å². The summed E-state index contributed by atoms with van der Waals surface area (Å²) in [6, 6.07) is 0. The van der Waals surface area contributed by atoms with Gasteiger partial charge in [-0.1, -0.05) is 0 Å². The fourth-order valence-electron chi connectivity index (χ4n) is 1.27. The Morgan fingerprint density at radius 2 is 2.43 bits per heavy atom. The van der Waals surface area contributed by atoms with Crippen molar-refractivity contribution in [3.63, 3.8) is 0 Å². The van der Waals surface area contributed by atoms with Crippen molar-refractivity contribution in [1.82, 2.24) is 14.5 Å². The predicted octanol–water partition coefficient (Wildman–Crippen LogP) is 0.889. The molecule has 0 aliphatic rings. The van der Waals surface area contributed by atoms with Gasteiger partial charge in [0, 0.05) is 23.7 Å². The maximum absolute atomic E-state index is 5.45. The Balaban J connectivity index is 2.03. The summed E-state index contributed by atoms with van der Waals surface area (Å²) in [5.41, 5.74) is 8.34. The van der Waals surface area contributed by atoms with Gasteiger partial charge in [-0.25, -0.2) is 4.98 Å². The zero-order valence-electron chi connectivity index (χ0n) is 7.76. The number of rotatable bonds is 4. The lowest BCUT2D eigenvalue weighted by molar-refractivity contribution is 0.806. The second-order valence-electron chi connectivity index (χ2n) is 3.04. The molecule has 2 aromatic rings. The molecule has 74 valence electrons. The number of imidazole rings is 1. The lowest BCUT2D eigenvalue weighted by Crippen LogP contribution is -2.02. The Bertz CT molecular complexity index is 379. The highest BCUT2D eigenvalue weighted by molar-refractivity contribution is 7.09. The van der Waals surface area contributed by atoms with Crippen molar-refractivity contribution in [3.8, 4) is 0 Å². The van der Waals surface area contributed by atoms with E-state index in [1.54, 1.807) is 11.3 Å². The molecule has 2 rings (SSSR count). The molecule has 2 aromatic heterocycles. The van der Waals surface area contributed by atoms with Gasteiger partial charge in [-0.05, 0) is 6.54 Å². The number of nitrogens with zero attached hydrogens (tertiary/aromatic N) is 3. The van der Waals surface area contributed by atoms with Gasteiger partial charge in [0.15, 0.2) is 0 Å². The fourth-order valence-corrected chi connectivity index (χ4v) is 1.87. The Morgan fingerprint density at radius 3 is 3.14 bits per heavy atom. The van der Waals surface area contributed by atoms with Crippen molar-refractivity contribution in [1.29, 1.82) is 0 Å². The third kappa shape index (κ3) is 2.18. The van der Waals surface area contributed by atoms with E-state index >= 15 is 0 Å². The molecule has 2 N–H and O–H groups in total. The van der Waals surface area contributed by atoms with Crippen LogP contribution in [0.4, 0.5) is 0 Å². The first-order valence-corrected chi connectivity index (χ1v) is 5.34. The molecule has 0 saturated carbocycles. The van der Waals surface area contributed by atoms with Crippen molar-refractivity contribution in [2.45, 2.75) is 13.0 Å². The minimum atomic E-state index is 0.650. The molecule has 14 heavy (non-hydrogen) atoms. The van der Waals surface area contributed by atoms with Crippen molar-refractivity contribution in [2.75, 3.05) is 6.54 Å². The van der Waals surface area contributed by atoms with E-state index in [0.717, 1.165) is 18.7 Å². The highest BCUT2D eigenvalue weighted by atomic mass is 32.1. The van der Waals surface area contributed by atoms with Crippen LogP contribution in [-0.2, 0) is 13.0 Å². The average Bonchev–Trinajstić information content (AvgIpc) is 2.79. The molecule has 0 saturated heterocycles. The number of nitrogens with two attached hydrogens (primary N) is 1. The molecule has 0 radical (unpaired) electrons. The molecule has 0 aliphatic heterocycles. The second kappa shape index (κ2) is 4.34. The van der Waals surface area contributed by atoms with E-state index in [1.165, 1.54) is 4.88 Å². The van der Waals surface area contributed by atoms with Crippen LogP contribution in [-0.4, -0.2) is 21.1 Å². The predicted molar refractivity (Wildman–Crippen MR) is 56.2 cm³/mol. The molecule has 0 aliphatic carbocycles. The molecule has 0 atom stereocenters. The fraction of sp³-hybridized carbons (Fsp3) is 0.333. The lowest BCUT2D eigenvalue weighted by Gasteiger charge is -1.96. The van der Waals surface area contributed by atoms with E-state index in [4.69, 9.17) is 5.73 Å². The van der Waals surface area contributed by atoms with Crippen LogP contribution in [0.2, 0.25) is 0 Å². The average molecular weight is 208 g/mol. The van der Waals surface area contributed by atoms with Crippen molar-refractivity contribution in [2.24, 2.45) is 5.73 Å². The topological polar surface area (TPSA) is 56.7 Å². The normalized spacial score (nSPS) is 10.6. The molecular weight excluding hydrogens is 196 g/mol. The maximum atomic E-state index is 5.45. The SMILES string of the molecule is NCCc1cn(Cc2cncs2)cn1. The third-order valence-corrected chi connectivity index (χ3v) is 2.67. The van der Waals surface area contributed by atoms with Crippen LogP contribution in [0.15, 0.2) is 24.2 Å². The van der Waals surface area contributed by atoms with Gasteiger partial charge in [0.2, 0.25) is 0 Å². The van der Waals surface area contributed by atoms with Crippen LogP contribution in [0.5, 0.6) is 0 Å². The van der Waals surface area contributed by atoms with Crippen LogP contribution in [0.1, 0.15) is 10.6 Å². The zero-order chi connectivity index (χ0) is 9.80. The van der Waals surface area contributed by atoms with E-state index in [0.29, 0.717) is 6.54 Å². The Kier molecular flexibility index (Phi) is 2.90. The standard InChI is InChI=1S/C9H12N4S/c10-2-1-8-4-13(6-12-8)5-9-3-11-7-14-9/h3-4,6-7H,1-2,5,10H2. The van der Waals surface area contributed by atoms with Gasteiger partial charge in [-0.15, -0.1) is 11.3 Å². The lowest BCUT2D eigenvalue weighted by atomic mass is 10.3. The summed E-state index contributed by atoms with van der Waals surface area (Å²) in [4.78, 5) is 9.52. The first-order chi connectivity index (χ1) is 6.88. The summed E-state index contributed by atoms with van der Waals surface area (Å²) in [6.45, 7) is 1.50. The van der Waals surface area contributed by atoms with Gasteiger partial charge < -0.3 is 10.3 Å². The Labute approximate surface area is 86.4 Å². The van der Waals surface area contributed by atoms with E-state index in [-0.39, 0.29) is 0 Å². The van der Waals surface area contributed by atoms with Crippen molar-refractivity contribution < 1.29 is 0 Å². The molecule has 0 bridgehead atoms. The van der Waals surface area contributed by atoms with Crippen LogP contribution in [0.3, 0.4) is 0 Å². The van der Waals surface area contributed by atoms with Gasteiger partial charge in [0.1, 0.15) is 0 Å². The Morgan fingerprint density at radius 1 is 1.50 bits per heavy atom. The first kappa shape index (κ1) is 9.36. The molecular formula is C9H12N4S. The molecule has 5 heteroatoms. The number of hydrogen-bond acceptors (Lipinski definition) is 4. The minimum Gasteiger partial charge on any atom is -0.332 e. The third-order valence-electron chi connectivity index (χ3n) is 1.91. The summed E-state index contributed by atoms with van der Waals surface area (Å²) in [5, 5.41) is 0. The summed E-state index contributed by atoms with van der Waals surface area (Å²) < 4.78 is 2.05. The summed E-state index contributed by atoms with van der Waals surface area (Å²) in [6.07, 6.45) is 6.60. The molecule has 0 aromatic carbocycles. The molecule has 0 unspecified atom stereocenters. The van der Waals surface area contributed by atoms with Crippen LogP contribution < -0.4 is 5.73 Å². The molecule has 0 fully saturated rings. The van der Waals surface area contributed by atoms with Gasteiger partial charge in [-0.3, -0.25) is 4.98 Å². The van der Waals surface area contributed by atoms with Crippen molar-refractivity contribution in [3.05, 3.63) is 34.8 Å². The quantitative estimate of drug-likeness (QED) is 0.811. The van der Waals surface area contributed by atoms with Crippen molar-refractivity contribution >= 4 is 11.3 Å². The summed E-state index contributed by atoms with van der Waals surface area (Å²) >= 11 is 1.66. The monoisotopic (exact) mass is 208 g/mol. The zero-order valence-corrected chi connectivity index (χ0v) is 8.57. The highest BCUT2D eigenvalue weighted by Crippen LogP contribution is 2.08. The maximum Gasteiger partial charge on any atom is 0.0952 e. The molecule has 0 spiro atoms. The second-order valence-corrected chi connectivity index (χ2v) is 4.01. The number of aromatic nitrogens is 3. The minimum absolute atomic E-state index is 0.650. The van der Waals surface area contributed by atoms with Gasteiger partial charge >= 0.3 is 0 Å². The highest BCUT2D eigenvalue weighted by Gasteiger charge is 1.99. The molecule has 2 heterocycles. The Hall–Kier alpha value is -1.20. The van der Waals surface area contributed by atoms with Crippen LogP contribution >= 0.6 is 11.3 Å². The van der Waals surface area contributed by atoms with Gasteiger partial charge in [-0.2, -0.15) is 0 Å². The van der Waals surface area contributed by atoms with Gasteiger partial charge in [0.05, 0.1) is 24.1 Å². The van der Waals surface area contributed by atoms with E-state index < -0.39 is 0 Å². The summed E-state index contributed by atoms with van der Waals surface area (Å²) in [7, 11) is 0. The molecule has 4 nitrogen and oxygen atoms in total. The first-order valence-electron chi connectivity index (χ1n) is 4.46. The number of thiazole rings is 1. The summed E-state index contributed by atoms with van der Waals surface area (Å²) in [5.74, 6) is 0. The van der Waals surface area contributed by atoms with Crippen LogP contribution in [0.25, 0.3) is 0 Å². The number of hydrogen-bond donors (Lipinski definition) is 1. The smallest absolute Gasteiger partial charge is 0.0952 e.